The van der Waals surface area contributed by atoms with Gasteiger partial charge in [0.15, 0.2) is 6.61 Å². The highest BCUT2D eigenvalue weighted by Crippen LogP contribution is 2.48. The van der Waals surface area contributed by atoms with E-state index in [-0.39, 0.29) is 19.1 Å². The molecule has 0 saturated heterocycles. The highest BCUT2D eigenvalue weighted by Gasteiger charge is 2.39. The highest BCUT2D eigenvalue weighted by molar-refractivity contribution is 5.77. The molecule has 0 radical (unpaired) electrons. The van der Waals surface area contributed by atoms with Crippen LogP contribution in [0.25, 0.3) is 0 Å². The van der Waals surface area contributed by atoms with Crippen LogP contribution in [-0.2, 0) is 17.6 Å². The minimum absolute atomic E-state index is 0.0522. The summed E-state index contributed by atoms with van der Waals surface area (Å²) in [6, 6.07) is 6.36. The van der Waals surface area contributed by atoms with Gasteiger partial charge < -0.3 is 15.2 Å². The molecule has 0 heterocycles. The summed E-state index contributed by atoms with van der Waals surface area (Å²) >= 11 is 0. The third-order valence-corrected chi connectivity index (χ3v) is 7.22. The molecule has 0 spiro atoms. The van der Waals surface area contributed by atoms with E-state index >= 15 is 0 Å². The lowest BCUT2D eigenvalue weighted by Crippen LogP contribution is -2.30. The van der Waals surface area contributed by atoms with Crippen molar-refractivity contribution in [2.75, 3.05) is 19.8 Å². The van der Waals surface area contributed by atoms with Crippen molar-refractivity contribution in [3.05, 3.63) is 29.3 Å². The molecule has 168 valence electrons. The third kappa shape index (κ3) is 6.47. The van der Waals surface area contributed by atoms with Gasteiger partial charge in [-0.2, -0.15) is 0 Å². The molecule has 1 amide bonds. The number of aliphatic hydroxyl groups is 1. The standard InChI is InChI=1S/C26H41NO3/c1-2-3-4-5-6-7-10-20-13-14-22-18-24-21(17-23(20)22)11-8-12-25(24)30-19-26(29)27-15-9-16-28/h8,11-12,20,22-23,28H,2-7,9-10,13-19H2,1H3,(H,27,29). The topological polar surface area (TPSA) is 58.6 Å². The van der Waals surface area contributed by atoms with Crippen LogP contribution in [0.1, 0.15) is 82.3 Å². The zero-order chi connectivity index (χ0) is 21.2. The maximum absolute atomic E-state index is 12.0. The molecule has 0 aromatic heterocycles. The maximum atomic E-state index is 12.0. The van der Waals surface area contributed by atoms with Crippen LogP contribution in [0.3, 0.4) is 0 Å². The zero-order valence-corrected chi connectivity index (χ0v) is 18.8. The molecule has 2 N–H and O–H groups in total. The van der Waals surface area contributed by atoms with E-state index in [1.807, 2.05) is 6.07 Å². The number of unbranched alkanes of at least 4 members (excludes halogenated alkanes) is 5. The largest absolute Gasteiger partial charge is 0.483 e. The molecule has 3 atom stereocenters. The van der Waals surface area contributed by atoms with Crippen molar-refractivity contribution in [3.8, 4) is 5.75 Å². The predicted octanol–water partition coefficient (Wildman–Crippen LogP) is 5.06. The minimum Gasteiger partial charge on any atom is -0.483 e. The summed E-state index contributed by atoms with van der Waals surface area (Å²) in [4.78, 5) is 12.0. The number of rotatable bonds is 13. The van der Waals surface area contributed by atoms with Crippen LogP contribution in [0, 0.1) is 17.8 Å². The summed E-state index contributed by atoms with van der Waals surface area (Å²) in [6.07, 6.45) is 15.3. The summed E-state index contributed by atoms with van der Waals surface area (Å²) < 4.78 is 5.91. The van der Waals surface area contributed by atoms with E-state index < -0.39 is 0 Å². The number of hydrogen-bond donors (Lipinski definition) is 2. The smallest absolute Gasteiger partial charge is 0.257 e. The Morgan fingerprint density at radius 2 is 1.93 bits per heavy atom. The Labute approximate surface area is 182 Å². The van der Waals surface area contributed by atoms with Crippen LogP contribution >= 0.6 is 0 Å². The van der Waals surface area contributed by atoms with Gasteiger partial charge in [0.1, 0.15) is 5.75 Å². The van der Waals surface area contributed by atoms with Crippen molar-refractivity contribution in [2.45, 2.75) is 84.0 Å². The van der Waals surface area contributed by atoms with Crippen molar-refractivity contribution < 1.29 is 14.6 Å². The monoisotopic (exact) mass is 415 g/mol. The molecule has 1 saturated carbocycles. The fourth-order valence-electron chi connectivity index (χ4n) is 5.56. The van der Waals surface area contributed by atoms with Crippen LogP contribution in [0.5, 0.6) is 5.75 Å². The van der Waals surface area contributed by atoms with Gasteiger partial charge in [-0.05, 0) is 67.1 Å². The lowest BCUT2D eigenvalue weighted by molar-refractivity contribution is -0.123. The SMILES string of the molecule is CCCCCCCCC1CCC2Cc3c(cccc3OCC(=O)NCCCO)CC12. The Morgan fingerprint density at radius 3 is 2.77 bits per heavy atom. The molecule has 4 nitrogen and oxygen atoms in total. The molecule has 2 aliphatic carbocycles. The molecule has 1 aromatic carbocycles. The summed E-state index contributed by atoms with van der Waals surface area (Å²) in [5, 5.41) is 11.6. The zero-order valence-electron chi connectivity index (χ0n) is 18.8. The summed E-state index contributed by atoms with van der Waals surface area (Å²) in [6.45, 7) is 2.92. The Balaban J connectivity index is 1.50. The van der Waals surface area contributed by atoms with Crippen LogP contribution < -0.4 is 10.1 Å². The average molecular weight is 416 g/mol. The molecule has 0 bridgehead atoms. The van der Waals surface area contributed by atoms with E-state index in [9.17, 15) is 4.79 Å². The van der Waals surface area contributed by atoms with Crippen molar-refractivity contribution >= 4 is 5.91 Å². The van der Waals surface area contributed by atoms with E-state index in [4.69, 9.17) is 9.84 Å². The second-order valence-corrected chi connectivity index (χ2v) is 9.34. The lowest BCUT2D eigenvalue weighted by atomic mass is 9.73. The second-order valence-electron chi connectivity index (χ2n) is 9.34. The first-order valence-corrected chi connectivity index (χ1v) is 12.3. The lowest BCUT2D eigenvalue weighted by Gasteiger charge is -2.32. The van der Waals surface area contributed by atoms with E-state index in [0.29, 0.717) is 13.0 Å². The summed E-state index contributed by atoms with van der Waals surface area (Å²) in [7, 11) is 0. The molecule has 2 aliphatic rings. The first kappa shape index (κ1) is 23.1. The van der Waals surface area contributed by atoms with Crippen molar-refractivity contribution in [3.63, 3.8) is 0 Å². The van der Waals surface area contributed by atoms with E-state index in [2.05, 4.69) is 24.4 Å². The van der Waals surface area contributed by atoms with Gasteiger partial charge in [0, 0.05) is 13.2 Å². The number of benzene rings is 1. The number of ether oxygens (including phenoxy) is 1. The Hall–Kier alpha value is -1.55. The number of fused-ring (bicyclic) bond motifs is 2. The number of carbonyl (C=O) groups excluding carboxylic acids is 1. The molecule has 30 heavy (non-hydrogen) atoms. The van der Waals surface area contributed by atoms with Crippen LogP contribution in [0.2, 0.25) is 0 Å². The Bertz CT molecular complexity index is 660. The first-order chi connectivity index (χ1) is 14.7. The molecule has 0 aliphatic heterocycles. The van der Waals surface area contributed by atoms with Crippen molar-refractivity contribution in [1.82, 2.24) is 5.32 Å². The normalized spacial score (nSPS) is 22.4. The molecule has 4 heteroatoms. The molecule has 3 unspecified atom stereocenters. The minimum atomic E-state index is -0.116. The number of hydrogen-bond acceptors (Lipinski definition) is 3. The van der Waals surface area contributed by atoms with Gasteiger partial charge in [-0.3, -0.25) is 4.79 Å². The molecule has 1 fully saturated rings. The van der Waals surface area contributed by atoms with E-state index in [1.165, 1.54) is 75.3 Å². The van der Waals surface area contributed by atoms with E-state index in [1.54, 1.807) is 0 Å². The van der Waals surface area contributed by atoms with Gasteiger partial charge in [0.25, 0.3) is 5.91 Å². The third-order valence-electron chi connectivity index (χ3n) is 7.22. The Kier molecular flexibility index (Phi) is 9.51. The first-order valence-electron chi connectivity index (χ1n) is 12.3. The fourth-order valence-corrected chi connectivity index (χ4v) is 5.56. The summed E-state index contributed by atoms with van der Waals surface area (Å²) in [5.74, 6) is 3.30. The van der Waals surface area contributed by atoms with Crippen molar-refractivity contribution in [2.24, 2.45) is 17.8 Å². The fraction of sp³-hybridized carbons (Fsp3) is 0.731. The molecule has 3 rings (SSSR count). The van der Waals surface area contributed by atoms with Gasteiger partial charge in [-0.1, -0.05) is 64.0 Å². The van der Waals surface area contributed by atoms with Crippen LogP contribution in [-0.4, -0.2) is 30.8 Å². The van der Waals surface area contributed by atoms with Crippen LogP contribution in [0.4, 0.5) is 0 Å². The number of nitrogens with one attached hydrogen (secondary N) is 1. The molecular formula is C26H41NO3. The molecular weight excluding hydrogens is 374 g/mol. The Morgan fingerprint density at radius 1 is 1.10 bits per heavy atom. The highest BCUT2D eigenvalue weighted by atomic mass is 16.5. The number of amides is 1. The van der Waals surface area contributed by atoms with Crippen molar-refractivity contribution in [1.29, 1.82) is 0 Å². The average Bonchev–Trinajstić information content (AvgIpc) is 3.15. The quantitative estimate of drug-likeness (QED) is 0.443. The van der Waals surface area contributed by atoms with Gasteiger partial charge in [0.05, 0.1) is 0 Å². The number of carbonyl (C=O) groups is 1. The summed E-state index contributed by atoms with van der Waals surface area (Å²) in [5.41, 5.74) is 2.77. The van der Waals surface area contributed by atoms with Gasteiger partial charge in [-0.25, -0.2) is 0 Å². The second kappa shape index (κ2) is 12.3. The van der Waals surface area contributed by atoms with Gasteiger partial charge >= 0.3 is 0 Å². The maximum Gasteiger partial charge on any atom is 0.257 e. The van der Waals surface area contributed by atoms with E-state index in [0.717, 1.165) is 29.9 Å². The van der Waals surface area contributed by atoms with Gasteiger partial charge in [0.2, 0.25) is 0 Å². The van der Waals surface area contributed by atoms with Gasteiger partial charge in [-0.15, -0.1) is 0 Å². The number of aliphatic hydroxyl groups excluding tert-OH is 1. The predicted molar refractivity (Wildman–Crippen MR) is 122 cm³/mol. The molecule has 1 aromatic rings. The van der Waals surface area contributed by atoms with Crippen LogP contribution in [0.15, 0.2) is 18.2 Å².